The van der Waals surface area contributed by atoms with Crippen molar-refractivity contribution >= 4 is 16.3 Å². The van der Waals surface area contributed by atoms with E-state index in [0.717, 1.165) is 36.5 Å². The first-order valence-corrected chi connectivity index (χ1v) is 10.4. The van der Waals surface area contributed by atoms with Crippen LogP contribution >= 0.6 is 0 Å². The van der Waals surface area contributed by atoms with Crippen molar-refractivity contribution in [3.05, 3.63) is 59.5 Å². The molecule has 0 radical (unpaired) electrons. The monoisotopic (exact) mass is 373 g/mol. The first-order chi connectivity index (χ1) is 13.6. The van der Waals surface area contributed by atoms with E-state index in [9.17, 15) is 0 Å². The van der Waals surface area contributed by atoms with Crippen molar-refractivity contribution in [2.24, 2.45) is 5.92 Å². The molecule has 0 saturated heterocycles. The zero-order valence-electron chi connectivity index (χ0n) is 16.9. The first-order valence-electron chi connectivity index (χ1n) is 10.4. The molecule has 28 heavy (non-hydrogen) atoms. The largest absolute Gasteiger partial charge is 0.486 e. The lowest BCUT2D eigenvalue weighted by molar-refractivity contribution is 0.169. The van der Waals surface area contributed by atoms with Crippen LogP contribution in [-0.2, 0) is 5.41 Å². The van der Waals surface area contributed by atoms with Crippen molar-refractivity contribution in [2.45, 2.75) is 45.4 Å². The minimum Gasteiger partial charge on any atom is -0.486 e. The molecule has 5 rings (SSSR count). The Labute approximate surface area is 166 Å². The Bertz CT molecular complexity index is 1040. The maximum absolute atomic E-state index is 6.15. The van der Waals surface area contributed by atoms with Crippen LogP contribution in [0, 0.1) is 5.92 Å². The molecule has 0 N–H and O–H groups in total. The Morgan fingerprint density at radius 1 is 1.21 bits per heavy atom. The minimum atomic E-state index is -0.153. The third-order valence-electron chi connectivity index (χ3n) is 6.34. The molecular weight excluding hydrogens is 346 g/mol. The van der Waals surface area contributed by atoms with E-state index in [0.29, 0.717) is 19.1 Å². The number of fused-ring (bicyclic) bond motifs is 3. The van der Waals surface area contributed by atoms with Gasteiger partial charge in [-0.1, -0.05) is 45.1 Å². The van der Waals surface area contributed by atoms with Crippen molar-refractivity contribution in [3.8, 4) is 11.5 Å². The lowest BCUT2D eigenvalue weighted by Gasteiger charge is -2.41. The quantitative estimate of drug-likeness (QED) is 0.620. The van der Waals surface area contributed by atoms with E-state index in [4.69, 9.17) is 14.5 Å². The third-order valence-corrected chi connectivity index (χ3v) is 6.34. The Hall–Kier alpha value is -2.55. The standard InChI is InChI=1S/C25H27NO2/c1-4-5-6-8-16-9-7-10-18-20(16)23-21-17(11-12-26-23)15-19-24(28-14-13-27-19)22(21)25(18,2)3/h5-7,10-12,15-16H,4,8-9,13-14H2,1-3H3. The van der Waals surface area contributed by atoms with Gasteiger partial charge in [0.25, 0.3) is 0 Å². The molecule has 1 unspecified atom stereocenters. The predicted octanol–water partition coefficient (Wildman–Crippen LogP) is 5.98. The molecule has 1 atom stereocenters. The molecule has 0 saturated carbocycles. The number of hydrogen-bond acceptors (Lipinski definition) is 3. The highest BCUT2D eigenvalue weighted by Gasteiger charge is 2.41. The SMILES string of the molecule is CCC=CCC1CC=CC2=C1c1nccc3cc4c(c(c13)C2(C)C)OCCO4. The van der Waals surface area contributed by atoms with Gasteiger partial charge < -0.3 is 9.47 Å². The van der Waals surface area contributed by atoms with Crippen LogP contribution in [-0.4, -0.2) is 18.2 Å². The summed E-state index contributed by atoms with van der Waals surface area (Å²) in [7, 11) is 0. The van der Waals surface area contributed by atoms with E-state index in [-0.39, 0.29) is 5.41 Å². The van der Waals surface area contributed by atoms with Crippen molar-refractivity contribution < 1.29 is 9.47 Å². The summed E-state index contributed by atoms with van der Waals surface area (Å²) in [5.74, 6) is 2.25. The number of hydrogen-bond donors (Lipinski definition) is 0. The van der Waals surface area contributed by atoms with Gasteiger partial charge in [-0.05, 0) is 53.8 Å². The van der Waals surface area contributed by atoms with Gasteiger partial charge in [0, 0.05) is 22.6 Å². The topological polar surface area (TPSA) is 31.4 Å². The molecule has 3 heteroatoms. The maximum Gasteiger partial charge on any atom is 0.166 e. The van der Waals surface area contributed by atoms with Gasteiger partial charge in [0.15, 0.2) is 11.5 Å². The van der Waals surface area contributed by atoms with Crippen molar-refractivity contribution in [1.82, 2.24) is 4.98 Å². The van der Waals surface area contributed by atoms with Crippen molar-refractivity contribution in [2.75, 3.05) is 13.2 Å². The number of ether oxygens (including phenoxy) is 2. The normalized spacial score (nSPS) is 22.0. The molecule has 2 aromatic rings. The molecule has 0 bridgehead atoms. The number of pyridine rings is 1. The highest BCUT2D eigenvalue weighted by atomic mass is 16.6. The third kappa shape index (κ3) is 2.45. The molecule has 3 aliphatic rings. The molecule has 0 spiro atoms. The Morgan fingerprint density at radius 2 is 2.07 bits per heavy atom. The highest BCUT2D eigenvalue weighted by molar-refractivity contribution is 6.02. The average molecular weight is 373 g/mol. The van der Waals surface area contributed by atoms with E-state index >= 15 is 0 Å². The van der Waals surface area contributed by atoms with Gasteiger partial charge in [-0.15, -0.1) is 0 Å². The van der Waals surface area contributed by atoms with Gasteiger partial charge in [-0.2, -0.15) is 0 Å². The van der Waals surface area contributed by atoms with Crippen molar-refractivity contribution in [1.29, 1.82) is 0 Å². The number of aromatic nitrogens is 1. The fourth-order valence-electron chi connectivity index (χ4n) is 5.07. The van der Waals surface area contributed by atoms with Crippen LogP contribution in [0.25, 0.3) is 16.3 Å². The zero-order chi connectivity index (χ0) is 19.3. The van der Waals surface area contributed by atoms with Crippen LogP contribution in [0.3, 0.4) is 0 Å². The molecule has 3 nitrogen and oxygen atoms in total. The van der Waals surface area contributed by atoms with Gasteiger partial charge in [0.2, 0.25) is 0 Å². The van der Waals surface area contributed by atoms with Crippen LogP contribution in [0.4, 0.5) is 0 Å². The van der Waals surface area contributed by atoms with Gasteiger partial charge in [0.1, 0.15) is 13.2 Å². The smallest absolute Gasteiger partial charge is 0.166 e. The van der Waals surface area contributed by atoms with Crippen LogP contribution < -0.4 is 9.47 Å². The summed E-state index contributed by atoms with van der Waals surface area (Å²) in [6.07, 6.45) is 14.4. The summed E-state index contributed by atoms with van der Waals surface area (Å²) < 4.78 is 12.1. The molecule has 1 aliphatic heterocycles. The lowest BCUT2D eigenvalue weighted by Crippen LogP contribution is -2.30. The molecule has 2 aliphatic carbocycles. The number of nitrogens with zero attached hydrogens (tertiary/aromatic N) is 1. The average Bonchev–Trinajstić information content (AvgIpc) is 2.71. The lowest BCUT2D eigenvalue weighted by atomic mass is 9.64. The Kier molecular flexibility index (Phi) is 4.08. The molecular formula is C25H27NO2. The molecule has 1 aromatic heterocycles. The van der Waals surface area contributed by atoms with Crippen LogP contribution in [0.5, 0.6) is 11.5 Å². The summed E-state index contributed by atoms with van der Waals surface area (Å²) >= 11 is 0. The molecule has 0 amide bonds. The van der Waals surface area contributed by atoms with Gasteiger partial charge in [-0.3, -0.25) is 4.98 Å². The van der Waals surface area contributed by atoms with E-state index in [1.54, 1.807) is 0 Å². The second-order valence-corrected chi connectivity index (χ2v) is 8.44. The Morgan fingerprint density at radius 3 is 2.93 bits per heavy atom. The highest BCUT2D eigenvalue weighted by Crippen LogP contribution is 2.56. The Balaban J connectivity index is 1.80. The summed E-state index contributed by atoms with van der Waals surface area (Å²) in [6, 6.07) is 4.23. The summed E-state index contributed by atoms with van der Waals surface area (Å²) in [5.41, 5.74) is 5.01. The van der Waals surface area contributed by atoms with E-state index in [1.807, 2.05) is 6.20 Å². The molecule has 1 aromatic carbocycles. The van der Waals surface area contributed by atoms with Gasteiger partial charge in [0.05, 0.1) is 5.69 Å². The van der Waals surface area contributed by atoms with E-state index in [2.05, 4.69) is 57.2 Å². The maximum atomic E-state index is 6.15. The van der Waals surface area contributed by atoms with Crippen LogP contribution in [0.15, 0.2) is 48.2 Å². The van der Waals surface area contributed by atoms with Gasteiger partial charge in [-0.25, -0.2) is 0 Å². The van der Waals surface area contributed by atoms with Crippen LogP contribution in [0.1, 0.15) is 51.3 Å². The molecule has 2 heterocycles. The van der Waals surface area contributed by atoms with E-state index in [1.165, 1.54) is 27.5 Å². The fraction of sp³-hybridized carbons (Fsp3) is 0.400. The number of allylic oxidation sites excluding steroid dienone is 6. The fourth-order valence-corrected chi connectivity index (χ4v) is 5.07. The zero-order valence-corrected chi connectivity index (χ0v) is 16.9. The molecule has 0 fully saturated rings. The minimum absolute atomic E-state index is 0.153. The van der Waals surface area contributed by atoms with Crippen molar-refractivity contribution in [3.63, 3.8) is 0 Å². The number of rotatable bonds is 3. The van der Waals surface area contributed by atoms with Crippen LogP contribution in [0.2, 0.25) is 0 Å². The summed E-state index contributed by atoms with van der Waals surface area (Å²) in [4.78, 5) is 4.90. The molecule has 144 valence electrons. The second kappa shape index (κ2) is 6.51. The summed E-state index contributed by atoms with van der Waals surface area (Å²) in [5, 5.41) is 2.44. The number of benzene rings is 1. The summed E-state index contributed by atoms with van der Waals surface area (Å²) in [6.45, 7) is 8.04. The predicted molar refractivity (Wildman–Crippen MR) is 114 cm³/mol. The second-order valence-electron chi connectivity index (χ2n) is 8.44. The van der Waals surface area contributed by atoms with E-state index < -0.39 is 0 Å². The van der Waals surface area contributed by atoms with Gasteiger partial charge >= 0.3 is 0 Å². The first kappa shape index (κ1) is 17.5.